The van der Waals surface area contributed by atoms with Crippen molar-refractivity contribution in [2.45, 2.75) is 89.1 Å². The molecule has 8 nitrogen and oxygen atoms in total. The van der Waals surface area contributed by atoms with Crippen LogP contribution in [0, 0.1) is 0 Å². The van der Waals surface area contributed by atoms with Crippen LogP contribution in [0.2, 0.25) is 0 Å². The summed E-state index contributed by atoms with van der Waals surface area (Å²) in [6.45, 7) is 4.57. The first-order chi connectivity index (χ1) is 13.4. The first-order valence-electron chi connectivity index (χ1n) is 10.4. The van der Waals surface area contributed by atoms with Gasteiger partial charge in [0.1, 0.15) is 0 Å². The van der Waals surface area contributed by atoms with Crippen molar-refractivity contribution >= 4 is 23.8 Å². The van der Waals surface area contributed by atoms with Gasteiger partial charge in [0, 0.05) is 0 Å². The first kappa shape index (κ1) is 22.2. The molecule has 158 valence electrons. The summed E-state index contributed by atoms with van der Waals surface area (Å²) in [5.41, 5.74) is -3.49. The molecule has 3 rings (SSSR count). The van der Waals surface area contributed by atoms with Crippen LogP contribution >= 0.6 is 0 Å². The Morgan fingerprint density at radius 1 is 0.750 bits per heavy atom. The molecule has 3 saturated heterocycles. The van der Waals surface area contributed by atoms with Gasteiger partial charge in [0.2, 0.25) is 11.1 Å². The van der Waals surface area contributed by atoms with Gasteiger partial charge in [-0.1, -0.05) is 52.4 Å². The Labute approximate surface area is 166 Å². The lowest BCUT2D eigenvalue weighted by molar-refractivity contribution is -0.177. The third-order valence-electron chi connectivity index (χ3n) is 5.46. The molecular weight excluding hydrogens is 364 g/mol. The maximum absolute atomic E-state index is 12.6. The lowest BCUT2D eigenvalue weighted by atomic mass is 9.73. The molecule has 3 aliphatic rings. The van der Waals surface area contributed by atoms with Crippen LogP contribution in [0.25, 0.3) is 0 Å². The zero-order chi connectivity index (χ0) is 20.6. The van der Waals surface area contributed by atoms with Gasteiger partial charge >= 0.3 is 11.9 Å². The summed E-state index contributed by atoms with van der Waals surface area (Å²) >= 11 is 0. The normalized spacial score (nSPS) is 25.8. The molecule has 2 bridgehead atoms. The van der Waals surface area contributed by atoms with Crippen molar-refractivity contribution in [2.75, 3.05) is 13.2 Å². The van der Waals surface area contributed by atoms with Crippen molar-refractivity contribution in [2.24, 2.45) is 0 Å². The number of carbonyl (C=O) groups excluding carboxylic acids is 4. The molecule has 2 atom stereocenters. The predicted octanol–water partition coefficient (Wildman–Crippen LogP) is 1.75. The topological polar surface area (TPSA) is 111 Å². The Bertz CT molecular complexity index is 556. The summed E-state index contributed by atoms with van der Waals surface area (Å²) in [6.07, 6.45) is 7.53. The molecule has 0 spiro atoms. The molecule has 0 aromatic heterocycles. The molecule has 0 unspecified atom stereocenters. The number of carbonyl (C=O) groups is 4. The van der Waals surface area contributed by atoms with Crippen LogP contribution in [0.15, 0.2) is 0 Å². The zero-order valence-electron chi connectivity index (χ0n) is 16.9. The van der Waals surface area contributed by atoms with Gasteiger partial charge in [0.25, 0.3) is 11.8 Å². The smallest absolute Gasteiger partial charge is 0.341 e. The van der Waals surface area contributed by atoms with Crippen LogP contribution in [0.5, 0.6) is 0 Å². The van der Waals surface area contributed by atoms with Crippen molar-refractivity contribution in [1.82, 2.24) is 10.6 Å². The van der Waals surface area contributed by atoms with E-state index in [4.69, 9.17) is 9.47 Å². The molecule has 3 heterocycles. The largest absolute Gasteiger partial charge is 0.464 e. The minimum absolute atomic E-state index is 0.0172. The van der Waals surface area contributed by atoms with Gasteiger partial charge in [-0.25, -0.2) is 9.59 Å². The molecule has 0 aromatic carbocycles. The molecule has 3 fully saturated rings. The number of rotatable bonds is 12. The van der Waals surface area contributed by atoms with Crippen LogP contribution < -0.4 is 10.6 Å². The highest BCUT2D eigenvalue weighted by Crippen LogP contribution is 2.35. The molecule has 0 radical (unpaired) electrons. The van der Waals surface area contributed by atoms with Gasteiger partial charge < -0.3 is 20.1 Å². The molecule has 2 N–H and O–H groups in total. The molecule has 8 heteroatoms. The molecule has 0 saturated carbocycles. The van der Waals surface area contributed by atoms with E-state index in [1.165, 1.54) is 0 Å². The number of hydrogen-bond acceptors (Lipinski definition) is 6. The standard InChI is InChI=1S/C20H32N2O6/c1-3-5-7-9-13-27-17(25)19-11-12-20(16(24)21-19,22-15(19)23)18(26)28-14-10-8-6-4-2/h3-14H2,1-2H3,(H,21,24)(H,22,23)/t19-,20-/m1/s1. The molecular formula is C20H32N2O6. The third-order valence-corrected chi connectivity index (χ3v) is 5.46. The second-order valence-corrected chi connectivity index (χ2v) is 7.61. The van der Waals surface area contributed by atoms with Crippen LogP contribution in [0.3, 0.4) is 0 Å². The van der Waals surface area contributed by atoms with Gasteiger partial charge in [-0.2, -0.15) is 0 Å². The van der Waals surface area contributed by atoms with E-state index >= 15 is 0 Å². The number of unbranched alkanes of at least 4 members (excludes halogenated alkanes) is 6. The number of piperidine rings is 2. The minimum atomic E-state index is -1.75. The summed E-state index contributed by atoms with van der Waals surface area (Å²) < 4.78 is 10.5. The van der Waals surface area contributed by atoms with Gasteiger partial charge in [-0.15, -0.1) is 0 Å². The maximum atomic E-state index is 12.6. The molecule has 28 heavy (non-hydrogen) atoms. The van der Waals surface area contributed by atoms with Crippen molar-refractivity contribution in [3.05, 3.63) is 0 Å². The van der Waals surface area contributed by atoms with E-state index in [1.54, 1.807) is 0 Å². The van der Waals surface area contributed by atoms with Crippen LogP contribution in [-0.2, 0) is 28.7 Å². The summed E-state index contributed by atoms with van der Waals surface area (Å²) in [5.74, 6) is -2.95. The fourth-order valence-electron chi connectivity index (χ4n) is 3.57. The highest BCUT2D eigenvalue weighted by Gasteiger charge is 2.67. The second kappa shape index (κ2) is 9.89. The van der Waals surface area contributed by atoms with Gasteiger partial charge in [-0.3, -0.25) is 9.59 Å². The summed E-state index contributed by atoms with van der Waals surface area (Å²) in [4.78, 5) is 50.2. The fraction of sp³-hybridized carbons (Fsp3) is 0.800. The van der Waals surface area contributed by atoms with E-state index in [-0.39, 0.29) is 26.1 Å². The number of ether oxygens (including phenoxy) is 2. The number of esters is 2. The second-order valence-electron chi connectivity index (χ2n) is 7.61. The average molecular weight is 396 g/mol. The Kier molecular flexibility index (Phi) is 7.83. The van der Waals surface area contributed by atoms with Gasteiger partial charge in [0.15, 0.2) is 0 Å². The highest BCUT2D eigenvalue weighted by molar-refractivity contribution is 6.22. The monoisotopic (exact) mass is 396 g/mol. The Hall–Kier alpha value is -2.12. The van der Waals surface area contributed by atoms with Crippen molar-refractivity contribution in [1.29, 1.82) is 0 Å². The van der Waals surface area contributed by atoms with Crippen molar-refractivity contribution in [3.63, 3.8) is 0 Å². The van der Waals surface area contributed by atoms with E-state index in [9.17, 15) is 19.2 Å². The van der Waals surface area contributed by atoms with Gasteiger partial charge in [0.05, 0.1) is 13.2 Å². The van der Waals surface area contributed by atoms with E-state index < -0.39 is 34.8 Å². The maximum Gasteiger partial charge on any atom is 0.341 e. The fourth-order valence-corrected chi connectivity index (χ4v) is 3.57. The lowest BCUT2D eigenvalue weighted by Gasteiger charge is -2.48. The molecule has 2 amide bonds. The number of hydrogen-bond donors (Lipinski definition) is 2. The summed E-state index contributed by atoms with van der Waals surface area (Å²) in [5, 5.41) is 4.87. The quantitative estimate of drug-likeness (QED) is 0.295. The average Bonchev–Trinajstić information content (AvgIpc) is 2.68. The summed E-state index contributed by atoms with van der Waals surface area (Å²) in [6, 6.07) is 0. The molecule has 3 aliphatic heterocycles. The van der Waals surface area contributed by atoms with E-state index in [0.717, 1.165) is 38.5 Å². The number of nitrogens with one attached hydrogen (secondary N) is 2. The van der Waals surface area contributed by atoms with Crippen molar-refractivity contribution in [3.8, 4) is 0 Å². The lowest BCUT2D eigenvalue weighted by Crippen LogP contribution is -2.83. The van der Waals surface area contributed by atoms with E-state index in [1.807, 2.05) is 0 Å². The first-order valence-corrected chi connectivity index (χ1v) is 10.4. The zero-order valence-corrected chi connectivity index (χ0v) is 16.9. The third kappa shape index (κ3) is 4.47. The SMILES string of the molecule is CCCCCCOC(=O)[C@@]12CC[C@@](C(=O)OCCCCCC)(NC1=O)C(=O)N2. The van der Waals surface area contributed by atoms with Crippen LogP contribution in [-0.4, -0.2) is 48.0 Å². The number of piperazine rings is 1. The number of amides is 2. The highest BCUT2D eigenvalue weighted by atomic mass is 16.5. The van der Waals surface area contributed by atoms with Crippen LogP contribution in [0.4, 0.5) is 0 Å². The summed E-state index contributed by atoms with van der Waals surface area (Å²) in [7, 11) is 0. The predicted molar refractivity (Wildman–Crippen MR) is 101 cm³/mol. The molecule has 0 aromatic rings. The Morgan fingerprint density at radius 3 is 1.46 bits per heavy atom. The minimum Gasteiger partial charge on any atom is -0.464 e. The van der Waals surface area contributed by atoms with Crippen LogP contribution in [0.1, 0.15) is 78.1 Å². The van der Waals surface area contributed by atoms with E-state index in [0.29, 0.717) is 12.8 Å². The Balaban J connectivity index is 1.93. The Morgan fingerprint density at radius 2 is 1.14 bits per heavy atom. The number of fused-ring (bicyclic) bond motifs is 3. The molecule has 0 aliphatic carbocycles. The van der Waals surface area contributed by atoms with E-state index in [2.05, 4.69) is 24.5 Å². The van der Waals surface area contributed by atoms with Crippen molar-refractivity contribution < 1.29 is 28.7 Å². The van der Waals surface area contributed by atoms with Gasteiger partial charge in [-0.05, 0) is 25.7 Å².